The highest BCUT2D eigenvalue weighted by molar-refractivity contribution is 7.10. The summed E-state index contributed by atoms with van der Waals surface area (Å²) in [5.41, 5.74) is 1.95. The molecule has 1 atom stereocenters. The number of benzene rings is 1. The van der Waals surface area contributed by atoms with Crippen molar-refractivity contribution in [2.45, 2.75) is 65.1 Å². The maximum atomic E-state index is 13.7. The minimum absolute atomic E-state index is 0.0539. The first-order valence-electron chi connectivity index (χ1n) is 12.8. The van der Waals surface area contributed by atoms with E-state index < -0.39 is 5.54 Å². The standard InChI is InChI=1S/C29H37N3O4S/c1-20(2)21-8-10-22(11-9-21)36-19-25-24-13-16-37-26(24)12-14-32(25)27(33)18-31(17-23-7-6-15-35-23)28(34)30-29(3,4)5/h6-11,13,15-16,20,25H,12,14,17-19H2,1-5H3,(H,30,34)/t25-/m1/s1. The molecule has 2 aromatic heterocycles. The lowest BCUT2D eigenvalue weighted by atomic mass is 10.00. The monoisotopic (exact) mass is 523 g/mol. The molecule has 37 heavy (non-hydrogen) atoms. The van der Waals surface area contributed by atoms with Crippen LogP contribution in [0.15, 0.2) is 58.5 Å². The van der Waals surface area contributed by atoms with E-state index in [1.165, 1.54) is 15.3 Å². The average Bonchev–Trinajstić information content (AvgIpc) is 3.53. The van der Waals surface area contributed by atoms with E-state index in [-0.39, 0.29) is 31.1 Å². The van der Waals surface area contributed by atoms with Crippen LogP contribution in [0.4, 0.5) is 4.79 Å². The van der Waals surface area contributed by atoms with Gasteiger partial charge in [0.2, 0.25) is 5.91 Å². The predicted octanol–water partition coefficient (Wildman–Crippen LogP) is 5.98. The van der Waals surface area contributed by atoms with E-state index in [0.29, 0.717) is 24.8 Å². The van der Waals surface area contributed by atoms with Gasteiger partial charge < -0.3 is 24.3 Å². The van der Waals surface area contributed by atoms with E-state index in [0.717, 1.165) is 17.7 Å². The number of rotatable bonds is 8. The first-order valence-corrected chi connectivity index (χ1v) is 13.7. The molecule has 1 N–H and O–H groups in total. The Balaban J connectivity index is 1.51. The van der Waals surface area contributed by atoms with Crippen molar-refractivity contribution in [3.05, 3.63) is 75.9 Å². The second-order valence-corrected chi connectivity index (χ2v) is 11.8. The summed E-state index contributed by atoms with van der Waals surface area (Å²) in [6.45, 7) is 11.2. The number of hydrogen-bond acceptors (Lipinski definition) is 5. The Morgan fingerprint density at radius 2 is 1.95 bits per heavy atom. The second kappa shape index (κ2) is 11.4. The normalized spacial score (nSPS) is 15.4. The van der Waals surface area contributed by atoms with Crippen molar-refractivity contribution in [1.29, 1.82) is 0 Å². The average molecular weight is 524 g/mol. The fourth-order valence-electron chi connectivity index (χ4n) is 4.44. The fraction of sp³-hybridized carbons (Fsp3) is 0.448. The number of hydrogen-bond donors (Lipinski definition) is 1. The molecule has 4 rings (SSSR count). The van der Waals surface area contributed by atoms with Crippen LogP contribution in [-0.4, -0.2) is 47.0 Å². The van der Waals surface area contributed by atoms with Gasteiger partial charge in [-0.2, -0.15) is 0 Å². The largest absolute Gasteiger partial charge is 0.491 e. The van der Waals surface area contributed by atoms with Crippen LogP contribution >= 0.6 is 11.3 Å². The lowest BCUT2D eigenvalue weighted by molar-refractivity contribution is -0.135. The molecule has 3 heterocycles. The SMILES string of the molecule is CC(C)c1ccc(OC[C@@H]2c3ccsc3CCN2C(=O)CN(Cc2ccco2)C(=O)NC(C)(C)C)cc1. The Morgan fingerprint density at radius 1 is 1.19 bits per heavy atom. The molecule has 3 amide bonds. The van der Waals surface area contributed by atoms with Crippen LogP contribution in [0.1, 0.15) is 68.3 Å². The van der Waals surface area contributed by atoms with Crippen molar-refractivity contribution in [1.82, 2.24) is 15.1 Å². The molecule has 1 aromatic carbocycles. The summed E-state index contributed by atoms with van der Waals surface area (Å²) in [6.07, 6.45) is 2.37. The molecule has 0 saturated heterocycles. The topological polar surface area (TPSA) is 75.0 Å². The molecule has 198 valence electrons. The Labute approximate surface area is 223 Å². The second-order valence-electron chi connectivity index (χ2n) is 10.8. The Morgan fingerprint density at radius 3 is 2.59 bits per heavy atom. The molecule has 8 heteroatoms. The molecule has 0 bridgehead atoms. The highest BCUT2D eigenvalue weighted by Gasteiger charge is 2.34. The third-order valence-corrected chi connectivity index (χ3v) is 7.39. The summed E-state index contributed by atoms with van der Waals surface area (Å²) in [7, 11) is 0. The molecule has 7 nitrogen and oxygen atoms in total. The van der Waals surface area contributed by atoms with Crippen LogP contribution in [0.2, 0.25) is 0 Å². The molecule has 0 unspecified atom stereocenters. The van der Waals surface area contributed by atoms with Gasteiger partial charge in [0.05, 0.1) is 18.8 Å². The molecule has 0 aliphatic carbocycles. The molecule has 0 fully saturated rings. The molecule has 1 aliphatic rings. The molecule has 1 aliphatic heterocycles. The number of urea groups is 1. The number of nitrogens with zero attached hydrogens (tertiary/aromatic N) is 2. The number of ether oxygens (including phenoxy) is 1. The van der Waals surface area contributed by atoms with Crippen LogP contribution in [0.5, 0.6) is 5.75 Å². The molecule has 3 aromatic rings. The molecule has 0 spiro atoms. The van der Waals surface area contributed by atoms with Crippen molar-refractivity contribution in [2.24, 2.45) is 0 Å². The number of nitrogens with one attached hydrogen (secondary N) is 1. The van der Waals surface area contributed by atoms with E-state index in [9.17, 15) is 9.59 Å². The zero-order valence-corrected chi connectivity index (χ0v) is 23.1. The van der Waals surface area contributed by atoms with Gasteiger partial charge in [0.15, 0.2) is 0 Å². The first-order chi connectivity index (χ1) is 17.6. The van der Waals surface area contributed by atoms with Gasteiger partial charge in [-0.3, -0.25) is 4.79 Å². The number of thiophene rings is 1. The van der Waals surface area contributed by atoms with E-state index in [1.807, 2.05) is 43.9 Å². The van der Waals surface area contributed by atoms with Crippen LogP contribution in [0, 0.1) is 0 Å². The predicted molar refractivity (Wildman–Crippen MR) is 146 cm³/mol. The van der Waals surface area contributed by atoms with E-state index in [2.05, 4.69) is 42.7 Å². The number of carbonyl (C=O) groups excluding carboxylic acids is 2. The smallest absolute Gasteiger partial charge is 0.318 e. The third-order valence-electron chi connectivity index (χ3n) is 6.39. The summed E-state index contributed by atoms with van der Waals surface area (Å²) in [5, 5.41) is 5.05. The summed E-state index contributed by atoms with van der Waals surface area (Å²) in [5.74, 6) is 1.74. The van der Waals surface area contributed by atoms with Gasteiger partial charge in [0.25, 0.3) is 0 Å². The molecule has 0 saturated carbocycles. The lowest BCUT2D eigenvalue weighted by Gasteiger charge is -2.37. The van der Waals surface area contributed by atoms with Crippen molar-refractivity contribution in [3.63, 3.8) is 0 Å². The number of fused-ring (bicyclic) bond motifs is 1. The third kappa shape index (κ3) is 6.95. The van der Waals surface area contributed by atoms with Gasteiger partial charge in [-0.15, -0.1) is 11.3 Å². The van der Waals surface area contributed by atoms with Crippen LogP contribution in [0.3, 0.4) is 0 Å². The van der Waals surface area contributed by atoms with Gasteiger partial charge in [-0.05, 0) is 79.9 Å². The first kappa shape index (κ1) is 26.8. The highest BCUT2D eigenvalue weighted by Crippen LogP contribution is 2.34. The minimum atomic E-state index is -0.431. The van der Waals surface area contributed by atoms with Crippen LogP contribution in [0.25, 0.3) is 0 Å². The maximum Gasteiger partial charge on any atom is 0.318 e. The number of carbonyl (C=O) groups is 2. The molecular formula is C29H37N3O4S. The molecular weight excluding hydrogens is 486 g/mol. The van der Waals surface area contributed by atoms with Crippen LogP contribution < -0.4 is 10.1 Å². The number of furan rings is 1. The number of amides is 3. The molecule has 0 radical (unpaired) electrons. The van der Waals surface area contributed by atoms with Gasteiger partial charge in [-0.25, -0.2) is 4.79 Å². The highest BCUT2D eigenvalue weighted by atomic mass is 32.1. The van der Waals surface area contributed by atoms with Gasteiger partial charge in [-0.1, -0.05) is 26.0 Å². The van der Waals surface area contributed by atoms with Crippen molar-refractivity contribution < 1.29 is 18.7 Å². The lowest BCUT2D eigenvalue weighted by Crippen LogP contribution is -2.52. The van der Waals surface area contributed by atoms with E-state index in [4.69, 9.17) is 9.15 Å². The zero-order valence-electron chi connectivity index (χ0n) is 22.3. The Bertz CT molecular complexity index is 1180. The van der Waals surface area contributed by atoms with Crippen molar-refractivity contribution in [2.75, 3.05) is 19.7 Å². The fourth-order valence-corrected chi connectivity index (χ4v) is 5.37. The van der Waals surface area contributed by atoms with Crippen LogP contribution in [-0.2, 0) is 17.8 Å². The van der Waals surface area contributed by atoms with Gasteiger partial charge >= 0.3 is 6.03 Å². The summed E-state index contributed by atoms with van der Waals surface area (Å²) >= 11 is 1.72. The van der Waals surface area contributed by atoms with E-state index in [1.54, 1.807) is 23.7 Å². The van der Waals surface area contributed by atoms with Crippen molar-refractivity contribution in [3.8, 4) is 5.75 Å². The van der Waals surface area contributed by atoms with Gasteiger partial charge in [0.1, 0.15) is 24.7 Å². The summed E-state index contributed by atoms with van der Waals surface area (Å²) in [4.78, 5) is 31.5. The van der Waals surface area contributed by atoms with E-state index >= 15 is 0 Å². The Hall–Kier alpha value is -3.26. The summed E-state index contributed by atoms with van der Waals surface area (Å²) in [6, 6.07) is 13.3. The van der Waals surface area contributed by atoms with Crippen molar-refractivity contribution >= 4 is 23.3 Å². The zero-order chi connectivity index (χ0) is 26.6. The summed E-state index contributed by atoms with van der Waals surface area (Å²) < 4.78 is 11.7. The minimum Gasteiger partial charge on any atom is -0.491 e. The van der Waals surface area contributed by atoms with Gasteiger partial charge in [0, 0.05) is 17.0 Å². The quantitative estimate of drug-likeness (QED) is 0.394. The Kier molecular flexibility index (Phi) is 8.27. The maximum absolute atomic E-state index is 13.7.